The molecule has 0 unspecified atom stereocenters. The predicted octanol–water partition coefficient (Wildman–Crippen LogP) is 2.85. The van der Waals surface area contributed by atoms with Gasteiger partial charge >= 0.3 is 0 Å². The second kappa shape index (κ2) is 4.74. The Hall–Kier alpha value is -2.23. The fourth-order valence-electron chi connectivity index (χ4n) is 1.52. The summed E-state index contributed by atoms with van der Waals surface area (Å²) in [7, 11) is 0. The molecule has 0 aliphatic carbocycles. The quantitative estimate of drug-likeness (QED) is 0.714. The Kier molecular flexibility index (Phi) is 3.14. The Bertz CT molecular complexity index is 529. The highest BCUT2D eigenvalue weighted by molar-refractivity contribution is 5.49. The van der Waals surface area contributed by atoms with Gasteiger partial charge in [0.1, 0.15) is 5.82 Å². The van der Waals surface area contributed by atoms with Gasteiger partial charge in [-0.15, -0.1) is 0 Å². The third kappa shape index (κ3) is 2.47. The highest BCUT2D eigenvalue weighted by atomic mass is 19.1. The van der Waals surface area contributed by atoms with Crippen LogP contribution in [0.15, 0.2) is 42.5 Å². The largest absolute Gasteiger partial charge is 0.504 e. The van der Waals surface area contributed by atoms with E-state index in [1.807, 2.05) is 0 Å². The summed E-state index contributed by atoms with van der Waals surface area (Å²) in [6.07, 6.45) is 0. The van der Waals surface area contributed by atoms with Crippen molar-refractivity contribution in [1.29, 1.82) is 0 Å². The van der Waals surface area contributed by atoms with E-state index in [4.69, 9.17) is 0 Å². The zero-order chi connectivity index (χ0) is 12.3. The number of phenolic OH excluding ortho intramolecular Hbond substituents is 2. The van der Waals surface area contributed by atoms with Gasteiger partial charge in [0.2, 0.25) is 0 Å². The van der Waals surface area contributed by atoms with Gasteiger partial charge in [0, 0.05) is 12.1 Å². The van der Waals surface area contributed by atoms with Gasteiger partial charge in [0.15, 0.2) is 11.5 Å². The van der Waals surface area contributed by atoms with Gasteiger partial charge in [-0.2, -0.15) is 0 Å². The number of rotatable bonds is 3. The zero-order valence-corrected chi connectivity index (χ0v) is 9.02. The van der Waals surface area contributed by atoms with Crippen molar-refractivity contribution in [1.82, 2.24) is 0 Å². The van der Waals surface area contributed by atoms with Gasteiger partial charge in [-0.1, -0.05) is 24.3 Å². The Morgan fingerprint density at radius 3 is 2.53 bits per heavy atom. The van der Waals surface area contributed by atoms with Gasteiger partial charge in [0.05, 0.1) is 5.69 Å². The van der Waals surface area contributed by atoms with Crippen LogP contribution in [0.2, 0.25) is 0 Å². The molecular weight excluding hydrogens is 221 g/mol. The van der Waals surface area contributed by atoms with E-state index >= 15 is 0 Å². The Morgan fingerprint density at radius 1 is 1.00 bits per heavy atom. The van der Waals surface area contributed by atoms with Crippen molar-refractivity contribution in [2.75, 3.05) is 5.32 Å². The van der Waals surface area contributed by atoms with Crippen LogP contribution in [0, 0.1) is 5.82 Å². The standard InChI is InChI=1S/C13H12FNO2/c14-10-5-1-2-6-11(10)15-8-9-4-3-7-12(16)13(9)17/h1-7,15-17H,8H2. The average molecular weight is 233 g/mol. The molecule has 0 atom stereocenters. The van der Waals surface area contributed by atoms with Crippen LogP contribution >= 0.6 is 0 Å². The fraction of sp³-hybridized carbons (Fsp3) is 0.0769. The molecule has 2 aromatic rings. The molecule has 0 amide bonds. The molecule has 2 aromatic carbocycles. The number of hydrogen-bond donors (Lipinski definition) is 3. The number of halogens is 1. The van der Waals surface area contributed by atoms with E-state index in [-0.39, 0.29) is 23.9 Å². The first-order valence-corrected chi connectivity index (χ1v) is 5.16. The number of benzene rings is 2. The first-order chi connectivity index (χ1) is 8.18. The molecule has 0 fully saturated rings. The van der Waals surface area contributed by atoms with E-state index in [1.54, 1.807) is 30.3 Å². The van der Waals surface area contributed by atoms with E-state index < -0.39 is 0 Å². The minimum atomic E-state index is -0.354. The van der Waals surface area contributed by atoms with Crippen LogP contribution in [0.1, 0.15) is 5.56 Å². The molecule has 0 spiro atoms. The van der Waals surface area contributed by atoms with Crippen molar-refractivity contribution in [2.24, 2.45) is 0 Å². The fourth-order valence-corrected chi connectivity index (χ4v) is 1.52. The van der Waals surface area contributed by atoms with Crippen LogP contribution in [-0.2, 0) is 6.54 Å². The predicted molar refractivity (Wildman–Crippen MR) is 63.5 cm³/mol. The number of hydrogen-bond acceptors (Lipinski definition) is 3. The molecule has 0 heterocycles. The molecule has 0 bridgehead atoms. The minimum Gasteiger partial charge on any atom is -0.504 e. The van der Waals surface area contributed by atoms with Gasteiger partial charge in [-0.25, -0.2) is 4.39 Å². The van der Waals surface area contributed by atoms with Crippen molar-refractivity contribution in [3.05, 3.63) is 53.8 Å². The number of phenols is 2. The summed E-state index contributed by atoms with van der Waals surface area (Å²) >= 11 is 0. The average Bonchev–Trinajstić information content (AvgIpc) is 2.33. The molecule has 17 heavy (non-hydrogen) atoms. The molecule has 3 nitrogen and oxygen atoms in total. The second-order valence-corrected chi connectivity index (χ2v) is 3.62. The topological polar surface area (TPSA) is 52.5 Å². The summed E-state index contributed by atoms with van der Waals surface area (Å²) in [5.74, 6) is -0.721. The van der Waals surface area contributed by atoms with Crippen molar-refractivity contribution >= 4 is 5.69 Å². The van der Waals surface area contributed by atoms with E-state index in [1.165, 1.54) is 12.1 Å². The lowest BCUT2D eigenvalue weighted by molar-refractivity contribution is 0.400. The molecule has 2 rings (SSSR count). The maximum absolute atomic E-state index is 13.3. The Labute approximate surface area is 98.2 Å². The third-order valence-corrected chi connectivity index (χ3v) is 2.44. The van der Waals surface area contributed by atoms with E-state index in [2.05, 4.69) is 5.32 Å². The number of para-hydroxylation sites is 2. The van der Waals surface area contributed by atoms with Crippen LogP contribution in [0.5, 0.6) is 11.5 Å². The van der Waals surface area contributed by atoms with Crippen LogP contribution in [0.25, 0.3) is 0 Å². The molecule has 0 saturated carbocycles. The van der Waals surface area contributed by atoms with Crippen LogP contribution in [-0.4, -0.2) is 10.2 Å². The van der Waals surface area contributed by atoms with Gasteiger partial charge in [0.25, 0.3) is 0 Å². The monoisotopic (exact) mass is 233 g/mol. The first-order valence-electron chi connectivity index (χ1n) is 5.16. The third-order valence-electron chi connectivity index (χ3n) is 2.44. The maximum atomic E-state index is 13.3. The van der Waals surface area contributed by atoms with Crippen molar-refractivity contribution in [3.8, 4) is 11.5 Å². The summed E-state index contributed by atoms with van der Waals surface area (Å²) in [6, 6.07) is 10.9. The normalized spacial score (nSPS) is 10.2. The molecule has 0 aromatic heterocycles. The zero-order valence-electron chi connectivity index (χ0n) is 9.02. The number of aromatic hydroxyl groups is 2. The molecule has 88 valence electrons. The first kappa shape index (κ1) is 11.3. The summed E-state index contributed by atoms with van der Waals surface area (Å²) in [6.45, 7) is 0.237. The summed E-state index contributed by atoms with van der Waals surface area (Å²) in [4.78, 5) is 0. The Morgan fingerprint density at radius 2 is 1.76 bits per heavy atom. The second-order valence-electron chi connectivity index (χ2n) is 3.62. The lowest BCUT2D eigenvalue weighted by Crippen LogP contribution is -2.01. The van der Waals surface area contributed by atoms with Crippen molar-refractivity contribution in [3.63, 3.8) is 0 Å². The van der Waals surface area contributed by atoms with Gasteiger partial charge in [-0.05, 0) is 18.2 Å². The van der Waals surface area contributed by atoms with Crippen molar-refractivity contribution in [2.45, 2.75) is 6.54 Å². The number of anilines is 1. The minimum absolute atomic E-state index is 0.183. The lowest BCUT2D eigenvalue weighted by Gasteiger charge is -2.09. The lowest BCUT2D eigenvalue weighted by atomic mass is 10.2. The highest BCUT2D eigenvalue weighted by Gasteiger charge is 2.06. The SMILES string of the molecule is Oc1cccc(CNc2ccccc2F)c1O. The van der Waals surface area contributed by atoms with Crippen molar-refractivity contribution < 1.29 is 14.6 Å². The van der Waals surface area contributed by atoms with E-state index in [9.17, 15) is 14.6 Å². The van der Waals surface area contributed by atoms with E-state index in [0.717, 1.165) is 0 Å². The molecule has 0 saturated heterocycles. The maximum Gasteiger partial charge on any atom is 0.162 e. The summed E-state index contributed by atoms with van der Waals surface area (Å²) < 4.78 is 13.3. The molecule has 3 N–H and O–H groups in total. The summed E-state index contributed by atoms with van der Waals surface area (Å²) in [5.41, 5.74) is 0.864. The van der Waals surface area contributed by atoms with Crippen LogP contribution in [0.4, 0.5) is 10.1 Å². The molecular formula is C13H12FNO2. The van der Waals surface area contributed by atoms with Gasteiger partial charge < -0.3 is 15.5 Å². The molecule has 0 radical (unpaired) electrons. The Balaban J connectivity index is 2.13. The summed E-state index contributed by atoms with van der Waals surface area (Å²) in [5, 5.41) is 21.7. The van der Waals surface area contributed by atoms with Gasteiger partial charge in [-0.3, -0.25) is 0 Å². The van der Waals surface area contributed by atoms with Crippen LogP contribution in [0.3, 0.4) is 0 Å². The smallest absolute Gasteiger partial charge is 0.162 e. The van der Waals surface area contributed by atoms with Crippen LogP contribution < -0.4 is 5.32 Å². The molecule has 0 aliphatic rings. The van der Waals surface area contributed by atoms with E-state index in [0.29, 0.717) is 11.3 Å². The molecule has 4 heteroatoms. The number of nitrogens with one attached hydrogen (secondary N) is 1. The molecule has 0 aliphatic heterocycles. The highest BCUT2D eigenvalue weighted by Crippen LogP contribution is 2.28.